The van der Waals surface area contributed by atoms with E-state index in [-0.39, 0.29) is 0 Å². The molecular formula is C10H11Cl3O. The van der Waals surface area contributed by atoms with Gasteiger partial charge in [-0.15, -0.1) is 0 Å². The highest BCUT2D eigenvalue weighted by Gasteiger charge is 2.15. The number of aliphatic hydroxyl groups is 1. The van der Waals surface area contributed by atoms with Crippen LogP contribution in [-0.4, -0.2) is 5.11 Å². The van der Waals surface area contributed by atoms with Crippen molar-refractivity contribution in [2.75, 3.05) is 0 Å². The monoisotopic (exact) mass is 252 g/mol. The van der Waals surface area contributed by atoms with E-state index < -0.39 is 6.10 Å². The van der Waals surface area contributed by atoms with Crippen LogP contribution in [0.1, 0.15) is 31.4 Å². The van der Waals surface area contributed by atoms with E-state index in [1.54, 1.807) is 12.1 Å². The van der Waals surface area contributed by atoms with Gasteiger partial charge in [0.25, 0.3) is 0 Å². The third-order valence-corrected chi connectivity index (χ3v) is 2.78. The van der Waals surface area contributed by atoms with Crippen LogP contribution in [0.5, 0.6) is 0 Å². The second kappa shape index (κ2) is 5.22. The van der Waals surface area contributed by atoms with Crippen molar-refractivity contribution in [1.82, 2.24) is 0 Å². The fourth-order valence-corrected chi connectivity index (χ4v) is 2.36. The zero-order valence-corrected chi connectivity index (χ0v) is 10.00. The average molecular weight is 254 g/mol. The zero-order chi connectivity index (χ0) is 10.7. The summed E-state index contributed by atoms with van der Waals surface area (Å²) < 4.78 is 0. The topological polar surface area (TPSA) is 20.2 Å². The van der Waals surface area contributed by atoms with Crippen molar-refractivity contribution in [3.8, 4) is 0 Å². The zero-order valence-electron chi connectivity index (χ0n) is 7.73. The van der Waals surface area contributed by atoms with Gasteiger partial charge in [-0.1, -0.05) is 48.1 Å². The molecule has 1 rings (SSSR count). The van der Waals surface area contributed by atoms with E-state index in [0.717, 1.165) is 6.42 Å². The average Bonchev–Trinajstić information content (AvgIpc) is 2.01. The fraction of sp³-hybridized carbons (Fsp3) is 0.400. The van der Waals surface area contributed by atoms with Crippen LogP contribution in [0.3, 0.4) is 0 Å². The van der Waals surface area contributed by atoms with Gasteiger partial charge in [0, 0.05) is 20.6 Å². The molecule has 1 atom stereocenters. The highest BCUT2D eigenvalue weighted by Crippen LogP contribution is 2.35. The molecule has 0 fully saturated rings. The third-order valence-electron chi connectivity index (χ3n) is 1.94. The minimum atomic E-state index is -0.614. The Morgan fingerprint density at radius 2 is 1.71 bits per heavy atom. The SMILES string of the molecule is CCCC(O)c1c(Cl)cc(Cl)cc1Cl. The van der Waals surface area contributed by atoms with Crippen LogP contribution in [0.2, 0.25) is 15.1 Å². The molecule has 0 radical (unpaired) electrons. The summed E-state index contributed by atoms with van der Waals surface area (Å²) in [4.78, 5) is 0. The summed E-state index contributed by atoms with van der Waals surface area (Å²) in [6, 6.07) is 3.17. The van der Waals surface area contributed by atoms with Crippen LogP contribution in [0, 0.1) is 0 Å². The molecule has 0 aromatic heterocycles. The van der Waals surface area contributed by atoms with Crippen LogP contribution in [0.4, 0.5) is 0 Å². The maximum absolute atomic E-state index is 9.76. The number of halogens is 3. The van der Waals surface area contributed by atoms with E-state index in [4.69, 9.17) is 34.8 Å². The lowest BCUT2D eigenvalue weighted by atomic mass is 10.1. The minimum absolute atomic E-state index is 0.420. The van der Waals surface area contributed by atoms with Crippen molar-refractivity contribution < 1.29 is 5.11 Å². The van der Waals surface area contributed by atoms with E-state index in [0.29, 0.717) is 27.1 Å². The number of aliphatic hydroxyl groups excluding tert-OH is 1. The summed E-state index contributed by atoms with van der Waals surface area (Å²) >= 11 is 17.6. The van der Waals surface area contributed by atoms with Crippen LogP contribution in [-0.2, 0) is 0 Å². The molecule has 0 amide bonds. The number of rotatable bonds is 3. The van der Waals surface area contributed by atoms with Gasteiger partial charge in [-0.2, -0.15) is 0 Å². The molecule has 14 heavy (non-hydrogen) atoms. The van der Waals surface area contributed by atoms with Gasteiger partial charge in [0.05, 0.1) is 6.10 Å². The van der Waals surface area contributed by atoms with Crippen molar-refractivity contribution >= 4 is 34.8 Å². The predicted octanol–water partition coefficient (Wildman–Crippen LogP) is 4.48. The van der Waals surface area contributed by atoms with E-state index in [2.05, 4.69) is 0 Å². The fourth-order valence-electron chi connectivity index (χ4n) is 1.29. The Bertz CT molecular complexity index is 302. The van der Waals surface area contributed by atoms with E-state index in [1.807, 2.05) is 6.92 Å². The highest BCUT2D eigenvalue weighted by molar-refractivity contribution is 6.39. The van der Waals surface area contributed by atoms with Gasteiger partial charge < -0.3 is 5.11 Å². The number of hydrogen-bond acceptors (Lipinski definition) is 1. The largest absolute Gasteiger partial charge is 0.388 e. The van der Waals surface area contributed by atoms with Gasteiger partial charge in [0.1, 0.15) is 0 Å². The van der Waals surface area contributed by atoms with Gasteiger partial charge in [-0.3, -0.25) is 0 Å². The molecule has 1 aromatic rings. The molecule has 0 spiro atoms. The molecule has 0 heterocycles. The first-order valence-corrected chi connectivity index (χ1v) is 5.52. The summed E-state index contributed by atoms with van der Waals surface area (Å²) in [6.07, 6.45) is 0.898. The first-order chi connectivity index (χ1) is 6.56. The molecule has 0 aliphatic carbocycles. The van der Waals surface area contributed by atoms with E-state index >= 15 is 0 Å². The first-order valence-electron chi connectivity index (χ1n) is 4.38. The van der Waals surface area contributed by atoms with Crippen LogP contribution < -0.4 is 0 Å². The standard InChI is InChI=1S/C10H11Cl3O/c1-2-3-9(14)10-7(12)4-6(11)5-8(10)13/h4-5,9,14H,2-3H2,1H3. The lowest BCUT2D eigenvalue weighted by Crippen LogP contribution is -1.98. The summed E-state index contributed by atoms with van der Waals surface area (Å²) in [5, 5.41) is 11.1. The second-order valence-electron chi connectivity index (χ2n) is 3.09. The quantitative estimate of drug-likeness (QED) is 0.842. The Hall–Kier alpha value is 0.0500. The molecule has 1 aromatic carbocycles. The van der Waals surface area contributed by atoms with Crippen molar-refractivity contribution in [1.29, 1.82) is 0 Å². The molecule has 1 N–H and O–H groups in total. The van der Waals surface area contributed by atoms with Gasteiger partial charge in [-0.05, 0) is 18.6 Å². The van der Waals surface area contributed by atoms with Crippen molar-refractivity contribution in [3.63, 3.8) is 0 Å². The van der Waals surface area contributed by atoms with E-state index in [9.17, 15) is 5.11 Å². The van der Waals surface area contributed by atoms with Crippen molar-refractivity contribution in [2.45, 2.75) is 25.9 Å². The van der Waals surface area contributed by atoms with Gasteiger partial charge in [-0.25, -0.2) is 0 Å². The highest BCUT2D eigenvalue weighted by atomic mass is 35.5. The Kier molecular flexibility index (Phi) is 4.52. The molecule has 1 nitrogen and oxygen atoms in total. The van der Waals surface area contributed by atoms with Gasteiger partial charge >= 0.3 is 0 Å². The Morgan fingerprint density at radius 1 is 1.21 bits per heavy atom. The maximum Gasteiger partial charge on any atom is 0.0819 e. The van der Waals surface area contributed by atoms with Gasteiger partial charge in [0.15, 0.2) is 0 Å². The molecule has 4 heteroatoms. The first kappa shape index (κ1) is 12.1. The predicted molar refractivity (Wildman–Crippen MR) is 61.3 cm³/mol. The Morgan fingerprint density at radius 3 is 2.14 bits per heavy atom. The summed E-state index contributed by atoms with van der Waals surface area (Å²) in [6.45, 7) is 1.99. The molecule has 0 aliphatic rings. The minimum Gasteiger partial charge on any atom is -0.388 e. The second-order valence-corrected chi connectivity index (χ2v) is 4.34. The summed E-state index contributed by atoms with van der Waals surface area (Å²) in [7, 11) is 0. The molecule has 1 unspecified atom stereocenters. The summed E-state index contributed by atoms with van der Waals surface area (Å²) in [5.74, 6) is 0. The molecule has 0 aliphatic heterocycles. The third kappa shape index (κ3) is 2.77. The summed E-state index contributed by atoms with van der Waals surface area (Å²) in [5.41, 5.74) is 0.569. The smallest absolute Gasteiger partial charge is 0.0819 e. The van der Waals surface area contributed by atoms with Crippen molar-refractivity contribution in [3.05, 3.63) is 32.8 Å². The van der Waals surface area contributed by atoms with Crippen molar-refractivity contribution in [2.24, 2.45) is 0 Å². The van der Waals surface area contributed by atoms with Crippen LogP contribution >= 0.6 is 34.8 Å². The molecule has 0 saturated carbocycles. The van der Waals surface area contributed by atoms with Crippen LogP contribution in [0.15, 0.2) is 12.1 Å². The molecule has 0 bridgehead atoms. The lowest BCUT2D eigenvalue weighted by molar-refractivity contribution is 0.166. The van der Waals surface area contributed by atoms with E-state index in [1.165, 1.54) is 0 Å². The molecule has 78 valence electrons. The number of hydrogen-bond donors (Lipinski definition) is 1. The molecule has 0 saturated heterocycles. The van der Waals surface area contributed by atoms with Crippen LogP contribution in [0.25, 0.3) is 0 Å². The Labute approximate surface area is 98.6 Å². The molecular weight excluding hydrogens is 242 g/mol. The normalized spacial score (nSPS) is 12.9. The van der Waals surface area contributed by atoms with Gasteiger partial charge in [0.2, 0.25) is 0 Å². The number of benzene rings is 1. The Balaban J connectivity index is 3.07. The maximum atomic E-state index is 9.76. The lowest BCUT2D eigenvalue weighted by Gasteiger charge is -2.13.